The van der Waals surface area contributed by atoms with Crippen LogP contribution in [-0.4, -0.2) is 24.5 Å². The lowest BCUT2D eigenvalue weighted by atomic mass is 10.1. The summed E-state index contributed by atoms with van der Waals surface area (Å²) in [4.78, 5) is 20.1. The number of nitrogens with zero attached hydrogens (tertiary/aromatic N) is 5. The predicted molar refractivity (Wildman–Crippen MR) is 214 cm³/mol. The van der Waals surface area contributed by atoms with Gasteiger partial charge in [0.2, 0.25) is 0 Å². The molecule has 238 valence electrons. The van der Waals surface area contributed by atoms with Crippen LogP contribution in [0.3, 0.4) is 0 Å². The van der Waals surface area contributed by atoms with E-state index in [1.807, 2.05) is 41.9 Å². The third-order valence-corrected chi connectivity index (χ3v) is 12.1. The molecule has 0 unspecified atom stereocenters. The van der Waals surface area contributed by atoms with Gasteiger partial charge in [-0.2, -0.15) is 0 Å². The zero-order valence-corrected chi connectivity index (χ0v) is 28.6. The maximum absolute atomic E-state index is 5.30. The van der Waals surface area contributed by atoms with E-state index in [0.717, 1.165) is 48.2 Å². The highest BCUT2D eigenvalue weighted by Crippen LogP contribution is 2.43. The summed E-state index contributed by atoms with van der Waals surface area (Å²) < 4.78 is 7.14. The van der Waals surface area contributed by atoms with E-state index in [1.54, 1.807) is 11.3 Å². The van der Waals surface area contributed by atoms with Gasteiger partial charge in [-0.3, -0.25) is 4.98 Å². The molecule has 0 fully saturated rings. The third kappa shape index (κ3) is 4.45. The summed E-state index contributed by atoms with van der Waals surface area (Å²) in [6.45, 7) is 0. The summed E-state index contributed by atoms with van der Waals surface area (Å²) >= 11 is 3.54. The smallest absolute Gasteiger partial charge is 0.165 e. The Labute approximate surface area is 299 Å². The van der Waals surface area contributed by atoms with Gasteiger partial charge in [-0.1, -0.05) is 84.9 Å². The normalized spacial score (nSPS) is 11.9. The Balaban J connectivity index is 1.22. The van der Waals surface area contributed by atoms with Crippen LogP contribution in [0, 0.1) is 0 Å². The first-order valence-electron chi connectivity index (χ1n) is 16.8. The van der Waals surface area contributed by atoms with Crippen molar-refractivity contribution in [1.29, 1.82) is 0 Å². The first-order valence-corrected chi connectivity index (χ1v) is 18.4. The topological polar surface area (TPSA) is 56.5 Å². The fourth-order valence-corrected chi connectivity index (χ4v) is 9.67. The van der Waals surface area contributed by atoms with E-state index >= 15 is 0 Å². The Kier molecular flexibility index (Phi) is 6.22. The summed E-state index contributed by atoms with van der Waals surface area (Å²) in [5.41, 5.74) is 6.24. The van der Waals surface area contributed by atoms with Gasteiger partial charge in [0.05, 0.1) is 15.7 Å². The van der Waals surface area contributed by atoms with Crippen LogP contribution in [0.2, 0.25) is 0 Å². The predicted octanol–water partition coefficient (Wildman–Crippen LogP) is 12.1. The van der Waals surface area contributed by atoms with Gasteiger partial charge in [0.15, 0.2) is 17.5 Å². The Morgan fingerprint density at radius 3 is 1.88 bits per heavy atom. The molecule has 5 heterocycles. The van der Waals surface area contributed by atoms with E-state index in [9.17, 15) is 0 Å². The first kappa shape index (κ1) is 28.5. The number of fused-ring (bicyclic) bond motifs is 9. The molecular formula is C44H25N5S2. The molecule has 7 heteroatoms. The molecule has 0 atom stereocenters. The van der Waals surface area contributed by atoms with Crippen molar-refractivity contribution in [2.24, 2.45) is 0 Å². The van der Waals surface area contributed by atoms with Crippen LogP contribution in [0.4, 0.5) is 0 Å². The molecule has 11 rings (SSSR count). The van der Waals surface area contributed by atoms with Gasteiger partial charge in [-0.15, -0.1) is 22.7 Å². The van der Waals surface area contributed by atoms with Crippen molar-refractivity contribution in [3.05, 3.63) is 152 Å². The number of aromatic nitrogens is 5. The lowest BCUT2D eigenvalue weighted by molar-refractivity contribution is 1.08. The number of rotatable bonds is 4. The summed E-state index contributed by atoms with van der Waals surface area (Å²) in [5.74, 6) is 1.93. The van der Waals surface area contributed by atoms with E-state index < -0.39 is 0 Å². The van der Waals surface area contributed by atoms with Crippen molar-refractivity contribution in [2.45, 2.75) is 0 Å². The van der Waals surface area contributed by atoms with Gasteiger partial charge < -0.3 is 4.57 Å². The monoisotopic (exact) mass is 687 g/mol. The number of thiophene rings is 2. The Hall–Kier alpha value is -6.28. The van der Waals surface area contributed by atoms with Gasteiger partial charge in [0, 0.05) is 81.2 Å². The van der Waals surface area contributed by atoms with E-state index in [4.69, 9.17) is 15.0 Å². The van der Waals surface area contributed by atoms with Crippen molar-refractivity contribution in [3.63, 3.8) is 0 Å². The summed E-state index contributed by atoms with van der Waals surface area (Å²) in [5, 5.41) is 7.22. The zero-order chi connectivity index (χ0) is 33.5. The standard InChI is InChI=1S/C44H25N5S2/c1-2-10-26(11-3-1)42-46-43(27-18-19-39-33(22-27)31-14-6-9-17-38(31)50-39)48-44(47-42)35-24-28(23-34-32-20-21-45-25-40(32)51-41(34)35)49-36-15-7-4-12-29(36)30-13-5-8-16-37(30)49/h1-25H. The van der Waals surface area contributed by atoms with Gasteiger partial charge in [-0.25, -0.2) is 15.0 Å². The second-order valence-electron chi connectivity index (χ2n) is 12.7. The molecule has 0 saturated carbocycles. The molecule has 0 aliphatic heterocycles. The second-order valence-corrected chi connectivity index (χ2v) is 14.8. The molecule has 0 N–H and O–H groups in total. The van der Waals surface area contributed by atoms with Crippen LogP contribution in [0.25, 0.3) is 102 Å². The molecule has 5 aromatic heterocycles. The first-order chi connectivity index (χ1) is 25.3. The van der Waals surface area contributed by atoms with Crippen LogP contribution in [0.5, 0.6) is 0 Å². The molecule has 0 spiro atoms. The van der Waals surface area contributed by atoms with Crippen molar-refractivity contribution in [1.82, 2.24) is 24.5 Å². The molecule has 0 radical (unpaired) electrons. The lowest BCUT2D eigenvalue weighted by Crippen LogP contribution is -2.01. The summed E-state index contributed by atoms with van der Waals surface area (Å²) in [7, 11) is 0. The highest BCUT2D eigenvalue weighted by Gasteiger charge is 2.21. The van der Waals surface area contributed by atoms with Gasteiger partial charge >= 0.3 is 0 Å². The molecular weight excluding hydrogens is 663 g/mol. The van der Waals surface area contributed by atoms with Gasteiger partial charge in [0.25, 0.3) is 0 Å². The lowest BCUT2D eigenvalue weighted by Gasteiger charge is -2.13. The summed E-state index contributed by atoms with van der Waals surface area (Å²) in [6, 6.07) is 49.3. The number of pyridine rings is 1. The van der Waals surface area contributed by atoms with Crippen LogP contribution < -0.4 is 0 Å². The van der Waals surface area contributed by atoms with Crippen LogP contribution in [0.1, 0.15) is 0 Å². The number of hydrogen-bond acceptors (Lipinski definition) is 6. The molecule has 0 aliphatic rings. The average molecular weight is 688 g/mol. The highest BCUT2D eigenvalue weighted by molar-refractivity contribution is 7.26. The van der Waals surface area contributed by atoms with Gasteiger partial charge in [-0.05, 0) is 54.6 Å². The molecule has 6 aromatic carbocycles. The molecule has 11 aromatic rings. The molecule has 0 amide bonds. The Morgan fingerprint density at radius 1 is 0.431 bits per heavy atom. The minimum absolute atomic E-state index is 0.640. The van der Waals surface area contributed by atoms with Crippen LogP contribution >= 0.6 is 22.7 Å². The van der Waals surface area contributed by atoms with Crippen molar-refractivity contribution >= 4 is 84.8 Å². The largest absolute Gasteiger partial charge is 0.309 e. The number of benzene rings is 6. The molecule has 51 heavy (non-hydrogen) atoms. The maximum Gasteiger partial charge on any atom is 0.165 e. The molecule has 0 saturated heterocycles. The zero-order valence-electron chi connectivity index (χ0n) is 27.0. The maximum atomic E-state index is 5.30. The van der Waals surface area contributed by atoms with Crippen molar-refractivity contribution in [2.75, 3.05) is 0 Å². The Bertz CT molecular complexity index is 3100. The van der Waals surface area contributed by atoms with Crippen molar-refractivity contribution in [3.8, 4) is 39.9 Å². The number of para-hydroxylation sites is 2. The van der Waals surface area contributed by atoms with E-state index in [1.165, 1.54) is 36.3 Å². The fraction of sp³-hybridized carbons (Fsp3) is 0. The molecule has 5 nitrogen and oxygen atoms in total. The van der Waals surface area contributed by atoms with Crippen LogP contribution in [0.15, 0.2) is 152 Å². The Morgan fingerprint density at radius 2 is 1.08 bits per heavy atom. The highest BCUT2D eigenvalue weighted by atomic mass is 32.1. The minimum Gasteiger partial charge on any atom is -0.309 e. The van der Waals surface area contributed by atoms with E-state index in [-0.39, 0.29) is 0 Å². The summed E-state index contributed by atoms with van der Waals surface area (Å²) in [6.07, 6.45) is 3.83. The van der Waals surface area contributed by atoms with E-state index in [2.05, 4.69) is 131 Å². The molecule has 0 aliphatic carbocycles. The fourth-order valence-electron chi connectivity index (χ4n) is 7.42. The van der Waals surface area contributed by atoms with Crippen LogP contribution in [-0.2, 0) is 0 Å². The molecule has 0 bridgehead atoms. The average Bonchev–Trinajstić information content (AvgIpc) is 3.87. The minimum atomic E-state index is 0.640. The number of hydrogen-bond donors (Lipinski definition) is 0. The second kappa shape index (κ2) is 11.1. The third-order valence-electron chi connectivity index (χ3n) is 9.74. The SMILES string of the molecule is c1ccc(-c2nc(-c3ccc4sc5ccccc5c4c3)nc(-c3cc(-n4c5ccccc5c5ccccc54)cc4c3sc3cnccc34)n2)cc1. The van der Waals surface area contributed by atoms with E-state index in [0.29, 0.717) is 17.5 Å². The van der Waals surface area contributed by atoms with Crippen molar-refractivity contribution < 1.29 is 0 Å². The van der Waals surface area contributed by atoms with Gasteiger partial charge in [0.1, 0.15) is 0 Å². The quantitative estimate of drug-likeness (QED) is 0.185.